The molecule has 3 aromatic rings. The highest BCUT2D eigenvalue weighted by molar-refractivity contribution is 6.31. The molecule has 1 aromatic heterocycles. The van der Waals surface area contributed by atoms with Crippen LogP contribution in [-0.2, 0) is 24.3 Å². The number of carbonyl (C=O) groups is 1. The molecule has 0 amide bonds. The summed E-state index contributed by atoms with van der Waals surface area (Å²) >= 11 is 6.46. The van der Waals surface area contributed by atoms with Crippen molar-refractivity contribution in [1.82, 2.24) is 14.1 Å². The number of benzene rings is 2. The molecule has 186 valence electrons. The zero-order valence-electron chi connectivity index (χ0n) is 20.6. The molecule has 0 atom stereocenters. The van der Waals surface area contributed by atoms with Crippen molar-refractivity contribution in [1.29, 1.82) is 0 Å². The Morgan fingerprint density at radius 2 is 1.77 bits per heavy atom. The Bertz CT molecular complexity index is 1340. The predicted molar refractivity (Wildman–Crippen MR) is 138 cm³/mol. The fourth-order valence-electron chi connectivity index (χ4n) is 3.60. The maximum absolute atomic E-state index is 13.4. The van der Waals surface area contributed by atoms with Crippen LogP contribution >= 0.6 is 11.6 Å². The molecule has 0 spiro atoms. The number of hydrogen-bond acceptors (Lipinski definition) is 5. The SMILES string of the molecule is Cc1ccc(Cn2c(Nc3ccc(CC(C)C)c(Cl)c3)nc(=O)n(CC(C)(C)C(=O)O)c2=O)cc1. The van der Waals surface area contributed by atoms with Crippen molar-refractivity contribution in [2.24, 2.45) is 11.3 Å². The Morgan fingerprint density at radius 3 is 2.34 bits per heavy atom. The van der Waals surface area contributed by atoms with Crippen LogP contribution in [-0.4, -0.2) is 25.2 Å². The lowest BCUT2D eigenvalue weighted by Gasteiger charge is -2.21. The van der Waals surface area contributed by atoms with Crippen molar-refractivity contribution < 1.29 is 9.90 Å². The van der Waals surface area contributed by atoms with E-state index in [1.165, 1.54) is 18.4 Å². The molecule has 3 rings (SSSR count). The molecule has 0 bridgehead atoms. The number of hydrogen-bond donors (Lipinski definition) is 2. The highest BCUT2D eigenvalue weighted by Crippen LogP contribution is 2.25. The van der Waals surface area contributed by atoms with E-state index < -0.39 is 22.8 Å². The van der Waals surface area contributed by atoms with Gasteiger partial charge in [-0.2, -0.15) is 4.98 Å². The molecule has 0 aliphatic rings. The molecule has 1 heterocycles. The van der Waals surface area contributed by atoms with Gasteiger partial charge in [0.2, 0.25) is 5.95 Å². The van der Waals surface area contributed by atoms with Crippen LogP contribution in [0.2, 0.25) is 5.02 Å². The van der Waals surface area contributed by atoms with E-state index in [9.17, 15) is 19.5 Å². The van der Waals surface area contributed by atoms with E-state index in [1.807, 2.05) is 43.3 Å². The second-order valence-corrected chi connectivity index (χ2v) is 10.3. The number of aromatic nitrogens is 3. The number of nitrogens with one attached hydrogen (secondary N) is 1. The first-order valence-corrected chi connectivity index (χ1v) is 11.8. The zero-order chi connectivity index (χ0) is 25.9. The summed E-state index contributed by atoms with van der Waals surface area (Å²) in [5.74, 6) is -0.625. The fourth-order valence-corrected chi connectivity index (χ4v) is 3.86. The lowest BCUT2D eigenvalue weighted by molar-refractivity contribution is -0.147. The Labute approximate surface area is 209 Å². The summed E-state index contributed by atoms with van der Waals surface area (Å²) in [6, 6.07) is 13.1. The first kappa shape index (κ1) is 26.2. The molecule has 2 aromatic carbocycles. The Morgan fingerprint density at radius 1 is 1.11 bits per heavy atom. The molecule has 0 fully saturated rings. The number of nitrogens with zero attached hydrogens (tertiary/aromatic N) is 3. The largest absolute Gasteiger partial charge is 0.481 e. The summed E-state index contributed by atoms with van der Waals surface area (Å²) in [5, 5.41) is 13.1. The number of aryl methyl sites for hydroxylation is 1. The number of aliphatic carboxylic acids is 1. The highest BCUT2D eigenvalue weighted by Gasteiger charge is 2.30. The van der Waals surface area contributed by atoms with Gasteiger partial charge in [-0.1, -0.05) is 61.3 Å². The van der Waals surface area contributed by atoms with Crippen molar-refractivity contribution in [3.8, 4) is 0 Å². The van der Waals surface area contributed by atoms with Gasteiger partial charge >= 0.3 is 17.3 Å². The Hall–Kier alpha value is -3.39. The number of anilines is 2. The van der Waals surface area contributed by atoms with E-state index in [1.54, 1.807) is 6.07 Å². The van der Waals surface area contributed by atoms with E-state index in [0.717, 1.165) is 27.7 Å². The van der Waals surface area contributed by atoms with E-state index >= 15 is 0 Å². The van der Waals surface area contributed by atoms with E-state index in [2.05, 4.69) is 24.1 Å². The van der Waals surface area contributed by atoms with Crippen LogP contribution in [0.25, 0.3) is 0 Å². The predicted octanol–water partition coefficient (Wildman–Crippen LogP) is 4.47. The molecule has 0 unspecified atom stereocenters. The van der Waals surface area contributed by atoms with Gasteiger partial charge in [-0.05, 0) is 56.4 Å². The van der Waals surface area contributed by atoms with Gasteiger partial charge in [0, 0.05) is 17.3 Å². The molecule has 9 heteroatoms. The van der Waals surface area contributed by atoms with Crippen LogP contribution < -0.4 is 16.7 Å². The fraction of sp³-hybridized carbons (Fsp3) is 0.385. The third-order valence-corrected chi connectivity index (χ3v) is 6.03. The van der Waals surface area contributed by atoms with Crippen LogP contribution in [0.4, 0.5) is 11.6 Å². The summed E-state index contributed by atoms with van der Waals surface area (Å²) in [6.45, 7) is 8.92. The van der Waals surface area contributed by atoms with Gasteiger partial charge < -0.3 is 10.4 Å². The summed E-state index contributed by atoms with van der Waals surface area (Å²) in [4.78, 5) is 42.0. The minimum atomic E-state index is -1.33. The van der Waals surface area contributed by atoms with Crippen LogP contribution in [0.3, 0.4) is 0 Å². The molecular formula is C26H31ClN4O4. The van der Waals surface area contributed by atoms with E-state index in [-0.39, 0.29) is 19.0 Å². The summed E-state index contributed by atoms with van der Waals surface area (Å²) in [6.07, 6.45) is 0.824. The average Bonchev–Trinajstić information content (AvgIpc) is 2.77. The standard InChI is InChI=1S/C26H31ClN4O4/c1-16(2)12-19-10-11-20(13-21(19)27)28-23-29-24(34)31(15-26(4,5)22(32)33)25(35)30(23)14-18-8-6-17(3)7-9-18/h6-11,13,16H,12,14-15H2,1-5H3,(H,32,33)(H,28,29,34). The lowest BCUT2D eigenvalue weighted by Crippen LogP contribution is -2.46. The molecule has 0 saturated carbocycles. The van der Waals surface area contributed by atoms with Crippen LogP contribution in [0.15, 0.2) is 52.1 Å². The molecule has 8 nitrogen and oxygen atoms in total. The third-order valence-electron chi connectivity index (χ3n) is 5.68. The van der Waals surface area contributed by atoms with Gasteiger partial charge in [0.1, 0.15) is 0 Å². The second-order valence-electron chi connectivity index (χ2n) is 9.88. The molecule has 0 aliphatic carbocycles. The number of carboxylic acids is 1. The minimum absolute atomic E-state index is 0.0534. The van der Waals surface area contributed by atoms with Gasteiger partial charge in [-0.25, -0.2) is 14.2 Å². The quantitative estimate of drug-likeness (QED) is 0.451. The van der Waals surface area contributed by atoms with Gasteiger partial charge in [-0.3, -0.25) is 9.36 Å². The first-order valence-electron chi connectivity index (χ1n) is 11.4. The third kappa shape index (κ3) is 6.39. The van der Waals surface area contributed by atoms with Crippen LogP contribution in [0.5, 0.6) is 0 Å². The number of rotatable bonds is 9. The maximum atomic E-state index is 13.4. The van der Waals surface area contributed by atoms with E-state index in [4.69, 9.17) is 11.6 Å². The Kier molecular flexibility index (Phi) is 7.85. The monoisotopic (exact) mass is 498 g/mol. The first-order chi connectivity index (χ1) is 16.4. The molecular weight excluding hydrogens is 468 g/mol. The van der Waals surface area contributed by atoms with Crippen molar-refractivity contribution in [3.63, 3.8) is 0 Å². The Balaban J connectivity index is 2.08. The van der Waals surface area contributed by atoms with Gasteiger partial charge in [-0.15, -0.1) is 0 Å². The summed E-state index contributed by atoms with van der Waals surface area (Å²) in [5.41, 5.74) is 0.677. The second kappa shape index (κ2) is 10.5. The normalized spacial score (nSPS) is 11.6. The van der Waals surface area contributed by atoms with Crippen molar-refractivity contribution in [3.05, 3.63) is 85.1 Å². The molecule has 35 heavy (non-hydrogen) atoms. The van der Waals surface area contributed by atoms with Gasteiger partial charge in [0.05, 0.1) is 12.0 Å². The molecule has 0 aliphatic heterocycles. The topological polar surface area (TPSA) is 106 Å². The summed E-state index contributed by atoms with van der Waals surface area (Å²) < 4.78 is 2.20. The van der Waals surface area contributed by atoms with Crippen LogP contribution in [0.1, 0.15) is 44.4 Å². The zero-order valence-corrected chi connectivity index (χ0v) is 21.4. The molecule has 0 radical (unpaired) electrons. The van der Waals surface area contributed by atoms with Crippen molar-refractivity contribution in [2.75, 3.05) is 5.32 Å². The average molecular weight is 499 g/mol. The molecule has 0 saturated heterocycles. The minimum Gasteiger partial charge on any atom is -0.481 e. The van der Waals surface area contributed by atoms with Gasteiger partial charge in [0.25, 0.3) is 0 Å². The van der Waals surface area contributed by atoms with Gasteiger partial charge in [0.15, 0.2) is 0 Å². The highest BCUT2D eigenvalue weighted by atomic mass is 35.5. The van der Waals surface area contributed by atoms with Crippen molar-refractivity contribution >= 4 is 29.2 Å². The van der Waals surface area contributed by atoms with E-state index in [0.29, 0.717) is 16.6 Å². The number of halogens is 1. The number of carboxylic acid groups (broad SMARTS) is 1. The van der Waals surface area contributed by atoms with Crippen LogP contribution in [0, 0.1) is 18.3 Å². The van der Waals surface area contributed by atoms with Crippen molar-refractivity contribution in [2.45, 2.75) is 54.1 Å². The maximum Gasteiger partial charge on any atom is 0.354 e. The summed E-state index contributed by atoms with van der Waals surface area (Å²) in [7, 11) is 0. The molecule has 2 N–H and O–H groups in total. The smallest absolute Gasteiger partial charge is 0.354 e. The lowest BCUT2D eigenvalue weighted by atomic mass is 9.94.